The molecule has 10 heteroatoms. The van der Waals surface area contributed by atoms with Crippen LogP contribution in [0.4, 0.5) is 5.69 Å². The summed E-state index contributed by atoms with van der Waals surface area (Å²) >= 11 is 0. The van der Waals surface area contributed by atoms with Crippen molar-refractivity contribution >= 4 is 23.1 Å². The first-order chi connectivity index (χ1) is 14.1. The average Bonchev–Trinajstić information content (AvgIpc) is 3.35. The number of fused-ring (bicyclic) bond motifs is 1. The first-order valence-electron chi connectivity index (χ1n) is 9.61. The number of anilines is 1. The molecule has 0 aromatic carbocycles. The minimum atomic E-state index is 0.199. The van der Waals surface area contributed by atoms with E-state index in [4.69, 9.17) is 14.8 Å². The molecule has 0 bridgehead atoms. The van der Waals surface area contributed by atoms with Crippen molar-refractivity contribution < 1.29 is 4.74 Å². The molecule has 0 aliphatic carbocycles. The fourth-order valence-corrected chi connectivity index (χ4v) is 3.24. The third-order valence-corrected chi connectivity index (χ3v) is 4.53. The van der Waals surface area contributed by atoms with Gasteiger partial charge < -0.3 is 10.1 Å². The van der Waals surface area contributed by atoms with E-state index < -0.39 is 0 Å². The molecule has 0 amide bonds. The smallest absolute Gasteiger partial charge is 0.222 e. The molecule has 10 nitrogen and oxygen atoms in total. The summed E-state index contributed by atoms with van der Waals surface area (Å²) in [6.45, 7) is 9.18. The quantitative estimate of drug-likeness (QED) is 0.560. The van der Waals surface area contributed by atoms with Crippen molar-refractivity contribution in [2.24, 2.45) is 5.10 Å². The summed E-state index contributed by atoms with van der Waals surface area (Å²) in [6.07, 6.45) is 3.39. The number of pyridine rings is 2. The molecule has 0 radical (unpaired) electrons. The van der Waals surface area contributed by atoms with Crippen molar-refractivity contribution in [3.8, 4) is 17.1 Å². The Hall–Kier alpha value is -3.40. The second-order valence-corrected chi connectivity index (χ2v) is 6.94. The van der Waals surface area contributed by atoms with Crippen molar-refractivity contribution in [2.45, 2.75) is 33.7 Å². The Morgan fingerprint density at radius 3 is 2.90 bits per heavy atom. The second-order valence-electron chi connectivity index (χ2n) is 6.94. The molecule has 0 saturated carbocycles. The number of ether oxygens (including phenoxy) is 1. The van der Waals surface area contributed by atoms with Gasteiger partial charge in [-0.1, -0.05) is 0 Å². The van der Waals surface area contributed by atoms with Crippen LogP contribution in [0.2, 0.25) is 0 Å². The summed E-state index contributed by atoms with van der Waals surface area (Å²) in [5.74, 6) is 0.569. The van der Waals surface area contributed by atoms with Crippen molar-refractivity contribution in [1.29, 1.82) is 0 Å². The minimum Gasteiger partial charge on any atom is -0.477 e. The number of aromatic nitrogens is 4. The zero-order valence-corrected chi connectivity index (χ0v) is 17.0. The maximum absolute atomic E-state index is 5.72. The third-order valence-electron chi connectivity index (χ3n) is 4.53. The Morgan fingerprint density at radius 1 is 1.31 bits per heavy atom. The molecule has 3 aromatic rings. The number of hydrazine groups is 2. The summed E-state index contributed by atoms with van der Waals surface area (Å²) < 4.78 is 7.72. The van der Waals surface area contributed by atoms with E-state index >= 15 is 0 Å². The molecule has 4 rings (SSSR count). The van der Waals surface area contributed by atoms with Crippen LogP contribution < -0.4 is 21.1 Å². The topological polar surface area (TPSA) is 105 Å². The van der Waals surface area contributed by atoms with Crippen molar-refractivity contribution in [3.63, 3.8) is 0 Å². The summed E-state index contributed by atoms with van der Waals surface area (Å²) in [6, 6.07) is 6.07. The SMILES string of the molecule is CCOc1ncccc1-c1cc(NCN2C=NNN2)c2c(n1)c(C)nn2C(C)C. The first-order valence-corrected chi connectivity index (χ1v) is 9.61. The van der Waals surface area contributed by atoms with E-state index in [1.54, 1.807) is 17.5 Å². The van der Waals surface area contributed by atoms with Gasteiger partial charge in [-0.2, -0.15) is 10.2 Å². The number of nitrogens with one attached hydrogen (secondary N) is 3. The molecule has 0 fully saturated rings. The van der Waals surface area contributed by atoms with Crippen LogP contribution in [0.15, 0.2) is 29.5 Å². The van der Waals surface area contributed by atoms with Crippen LogP contribution in [-0.4, -0.2) is 44.4 Å². The number of hydrazone groups is 1. The van der Waals surface area contributed by atoms with Crippen molar-refractivity contribution in [2.75, 3.05) is 18.6 Å². The summed E-state index contributed by atoms with van der Waals surface area (Å²) in [5, 5.41) is 13.9. The van der Waals surface area contributed by atoms with Crippen LogP contribution in [0.1, 0.15) is 32.5 Å². The lowest BCUT2D eigenvalue weighted by molar-refractivity contribution is 0.318. The number of hydrogen-bond donors (Lipinski definition) is 3. The molecule has 1 aliphatic heterocycles. The van der Waals surface area contributed by atoms with E-state index in [1.165, 1.54) is 0 Å². The monoisotopic (exact) mass is 395 g/mol. The Labute approximate surface area is 168 Å². The number of aryl methyl sites for hydroxylation is 1. The van der Waals surface area contributed by atoms with E-state index in [2.05, 4.69) is 40.3 Å². The minimum absolute atomic E-state index is 0.199. The Morgan fingerprint density at radius 2 is 2.17 bits per heavy atom. The molecular weight excluding hydrogens is 370 g/mol. The van der Waals surface area contributed by atoms with Gasteiger partial charge in [0.1, 0.15) is 24.0 Å². The fraction of sp³-hybridized carbons (Fsp3) is 0.368. The van der Waals surface area contributed by atoms with Crippen molar-refractivity contribution in [1.82, 2.24) is 35.8 Å². The lowest BCUT2D eigenvalue weighted by atomic mass is 10.1. The molecule has 3 N–H and O–H groups in total. The van der Waals surface area contributed by atoms with Gasteiger partial charge in [-0.25, -0.2) is 15.5 Å². The van der Waals surface area contributed by atoms with Gasteiger partial charge in [0.2, 0.25) is 5.88 Å². The zero-order chi connectivity index (χ0) is 20.4. The predicted octanol–water partition coefficient (Wildman–Crippen LogP) is 2.42. The Balaban J connectivity index is 1.84. The van der Waals surface area contributed by atoms with E-state index in [1.807, 2.05) is 36.7 Å². The largest absolute Gasteiger partial charge is 0.477 e. The number of rotatable bonds is 7. The maximum atomic E-state index is 5.72. The van der Waals surface area contributed by atoms with Gasteiger partial charge in [-0.05, 0) is 45.9 Å². The molecule has 0 atom stereocenters. The normalized spacial score (nSPS) is 13.3. The molecular formula is C19H25N9O. The highest BCUT2D eigenvalue weighted by Gasteiger charge is 2.19. The summed E-state index contributed by atoms with van der Waals surface area (Å²) in [4.78, 5) is 9.29. The number of hydrogen-bond acceptors (Lipinski definition) is 9. The standard InChI is InChI=1S/C19H25N9O/c1-5-29-19-14(7-6-8-20-19)15-9-16(21-10-27-11-22-25-26-27)18-17(23-15)13(4)24-28(18)12(2)3/h6-9,11-12,25-26H,5,10H2,1-4H3,(H,21,23). The Bertz CT molecular complexity index is 1040. The van der Waals surface area contributed by atoms with E-state index in [0.717, 1.165) is 33.7 Å². The van der Waals surface area contributed by atoms with E-state index in [-0.39, 0.29) is 6.04 Å². The van der Waals surface area contributed by atoms with Gasteiger partial charge in [0, 0.05) is 12.2 Å². The molecule has 0 unspecified atom stereocenters. The van der Waals surface area contributed by atoms with E-state index in [9.17, 15) is 0 Å². The van der Waals surface area contributed by atoms with Gasteiger partial charge in [0.25, 0.3) is 0 Å². The van der Waals surface area contributed by atoms with E-state index in [0.29, 0.717) is 19.2 Å². The highest BCUT2D eigenvalue weighted by atomic mass is 16.5. The highest BCUT2D eigenvalue weighted by molar-refractivity contribution is 5.93. The molecule has 4 heterocycles. The fourth-order valence-electron chi connectivity index (χ4n) is 3.24. The van der Waals surface area contributed by atoms with Crippen LogP contribution >= 0.6 is 0 Å². The van der Waals surface area contributed by atoms with Crippen LogP contribution in [0.25, 0.3) is 22.3 Å². The lowest BCUT2D eigenvalue weighted by Crippen LogP contribution is -2.40. The second kappa shape index (κ2) is 7.92. The lowest BCUT2D eigenvalue weighted by Gasteiger charge is -2.18. The van der Waals surface area contributed by atoms with Crippen LogP contribution in [0, 0.1) is 6.92 Å². The summed E-state index contributed by atoms with van der Waals surface area (Å²) in [7, 11) is 0. The summed E-state index contributed by atoms with van der Waals surface area (Å²) in [5.41, 5.74) is 10.9. The Kier molecular flexibility index (Phi) is 5.17. The number of nitrogens with zero attached hydrogens (tertiary/aromatic N) is 6. The van der Waals surface area contributed by atoms with Crippen LogP contribution in [0.3, 0.4) is 0 Å². The third kappa shape index (κ3) is 3.66. The van der Waals surface area contributed by atoms with Crippen LogP contribution in [-0.2, 0) is 0 Å². The molecule has 1 aliphatic rings. The molecule has 152 valence electrons. The molecule has 0 saturated heterocycles. The molecule has 0 spiro atoms. The zero-order valence-electron chi connectivity index (χ0n) is 17.0. The van der Waals surface area contributed by atoms with Gasteiger partial charge in [-0.3, -0.25) is 9.69 Å². The first kappa shape index (κ1) is 18.9. The average molecular weight is 395 g/mol. The predicted molar refractivity (Wildman–Crippen MR) is 112 cm³/mol. The van der Waals surface area contributed by atoms with Gasteiger partial charge in [-0.15, -0.1) is 5.53 Å². The highest BCUT2D eigenvalue weighted by Crippen LogP contribution is 2.34. The van der Waals surface area contributed by atoms with Crippen LogP contribution in [0.5, 0.6) is 5.88 Å². The van der Waals surface area contributed by atoms with Gasteiger partial charge in [0.05, 0.1) is 29.2 Å². The maximum Gasteiger partial charge on any atom is 0.222 e. The van der Waals surface area contributed by atoms with Crippen molar-refractivity contribution in [3.05, 3.63) is 30.1 Å². The molecule has 29 heavy (non-hydrogen) atoms. The molecule has 3 aromatic heterocycles. The van der Waals surface area contributed by atoms with Gasteiger partial charge >= 0.3 is 0 Å². The van der Waals surface area contributed by atoms with Gasteiger partial charge in [0.15, 0.2) is 0 Å².